The van der Waals surface area contributed by atoms with E-state index in [-0.39, 0.29) is 29.4 Å². The van der Waals surface area contributed by atoms with E-state index in [1.54, 1.807) is 19.1 Å². The number of amides is 1. The maximum atomic E-state index is 13.2. The van der Waals surface area contributed by atoms with Crippen LogP contribution in [0.25, 0.3) is 0 Å². The van der Waals surface area contributed by atoms with Gasteiger partial charge in [0.2, 0.25) is 0 Å². The normalized spacial score (nSPS) is 12.4. The molecule has 1 aromatic heterocycles. The van der Waals surface area contributed by atoms with Crippen molar-refractivity contribution in [1.29, 1.82) is 0 Å². The highest BCUT2D eigenvalue weighted by Crippen LogP contribution is 2.22. The van der Waals surface area contributed by atoms with E-state index in [2.05, 4.69) is 15.5 Å². The molecule has 1 aromatic carbocycles. The van der Waals surface area contributed by atoms with E-state index in [4.69, 9.17) is 5.73 Å². The third-order valence-electron chi connectivity index (χ3n) is 3.32. The van der Waals surface area contributed by atoms with Crippen molar-refractivity contribution in [2.45, 2.75) is 32.7 Å². The molecule has 0 aliphatic carbocycles. The van der Waals surface area contributed by atoms with Crippen molar-refractivity contribution in [3.63, 3.8) is 0 Å². The second kappa shape index (κ2) is 5.95. The lowest BCUT2D eigenvalue weighted by Gasteiger charge is -2.13. The molecule has 5 nitrogen and oxygen atoms in total. The number of benzene rings is 1. The number of carbonyl (C=O) groups is 1. The predicted octanol–water partition coefficient (Wildman–Crippen LogP) is 2.75. The molecule has 0 spiro atoms. The van der Waals surface area contributed by atoms with Gasteiger partial charge in [-0.2, -0.15) is 5.10 Å². The first-order valence-corrected chi connectivity index (χ1v) is 6.80. The molecule has 4 N–H and O–H groups in total. The van der Waals surface area contributed by atoms with Gasteiger partial charge in [-0.05, 0) is 30.5 Å². The Balaban J connectivity index is 2.15. The summed E-state index contributed by atoms with van der Waals surface area (Å²) < 4.78 is 13.2. The monoisotopic (exact) mass is 290 g/mol. The van der Waals surface area contributed by atoms with Gasteiger partial charge in [0.15, 0.2) is 5.69 Å². The van der Waals surface area contributed by atoms with Crippen LogP contribution in [0.15, 0.2) is 24.3 Å². The maximum Gasteiger partial charge on any atom is 0.274 e. The number of nitrogens with one attached hydrogen (secondary N) is 2. The number of hydrogen-bond acceptors (Lipinski definition) is 3. The third kappa shape index (κ3) is 3.21. The average Bonchev–Trinajstić information content (AvgIpc) is 2.80. The molecule has 2 aromatic rings. The molecule has 0 saturated heterocycles. The number of carbonyl (C=O) groups excluding carboxylic acids is 1. The predicted molar refractivity (Wildman–Crippen MR) is 79.4 cm³/mol. The Labute approximate surface area is 122 Å². The third-order valence-corrected chi connectivity index (χ3v) is 3.32. The molecule has 0 aliphatic heterocycles. The van der Waals surface area contributed by atoms with Gasteiger partial charge in [-0.3, -0.25) is 9.89 Å². The van der Waals surface area contributed by atoms with Crippen LogP contribution in [0.2, 0.25) is 0 Å². The zero-order valence-corrected chi connectivity index (χ0v) is 12.3. The van der Waals surface area contributed by atoms with Crippen molar-refractivity contribution < 1.29 is 9.18 Å². The van der Waals surface area contributed by atoms with Gasteiger partial charge in [-0.15, -0.1) is 0 Å². The van der Waals surface area contributed by atoms with Gasteiger partial charge < -0.3 is 11.1 Å². The van der Waals surface area contributed by atoms with E-state index in [9.17, 15) is 9.18 Å². The van der Waals surface area contributed by atoms with Crippen molar-refractivity contribution in [3.05, 3.63) is 47.0 Å². The first-order chi connectivity index (χ1) is 9.90. The number of rotatable bonds is 4. The van der Waals surface area contributed by atoms with E-state index < -0.39 is 0 Å². The number of H-pyrrole nitrogens is 1. The molecule has 6 heteroatoms. The summed E-state index contributed by atoms with van der Waals surface area (Å²) in [6, 6.07) is 5.76. The molecule has 0 bridgehead atoms. The minimum atomic E-state index is -0.382. The van der Waals surface area contributed by atoms with Gasteiger partial charge in [0.1, 0.15) is 5.82 Å². The molecule has 1 amide bonds. The highest BCUT2D eigenvalue weighted by Gasteiger charge is 2.20. The molecule has 0 fully saturated rings. The number of nitrogens with two attached hydrogens (primary N) is 1. The van der Waals surface area contributed by atoms with Crippen LogP contribution in [0.3, 0.4) is 0 Å². The number of nitrogen functional groups attached to an aromatic ring is 1. The standard InChI is InChI=1S/C15H19FN4O/c1-8(2)13-12(17)14(20-19-13)15(21)18-9(3)10-5-4-6-11(16)7-10/h4-9H,17H2,1-3H3,(H,18,21)(H,19,20). The lowest BCUT2D eigenvalue weighted by atomic mass is 10.1. The Bertz CT molecular complexity index is 651. The molecule has 0 saturated carbocycles. The lowest BCUT2D eigenvalue weighted by molar-refractivity contribution is 0.0935. The minimum Gasteiger partial charge on any atom is -0.395 e. The fourth-order valence-electron chi connectivity index (χ4n) is 2.10. The van der Waals surface area contributed by atoms with Crippen LogP contribution >= 0.6 is 0 Å². The number of aromatic nitrogens is 2. The zero-order chi connectivity index (χ0) is 15.6. The molecular weight excluding hydrogens is 271 g/mol. The molecule has 0 aliphatic rings. The van der Waals surface area contributed by atoms with Crippen LogP contribution in [0.1, 0.15) is 54.5 Å². The number of anilines is 1. The second-order valence-corrected chi connectivity index (χ2v) is 5.30. The molecule has 0 radical (unpaired) electrons. The smallest absolute Gasteiger partial charge is 0.274 e. The molecule has 2 rings (SSSR count). The zero-order valence-electron chi connectivity index (χ0n) is 12.3. The minimum absolute atomic E-state index is 0.152. The molecule has 1 unspecified atom stereocenters. The summed E-state index contributed by atoms with van der Waals surface area (Å²) in [5, 5.41) is 9.51. The molecule has 1 atom stereocenters. The molecular formula is C15H19FN4O. The summed E-state index contributed by atoms with van der Waals surface area (Å²) in [5.41, 5.74) is 7.87. The first kappa shape index (κ1) is 15.0. The molecule has 1 heterocycles. The number of nitrogens with zero attached hydrogens (tertiary/aromatic N) is 1. The Morgan fingerprint density at radius 2 is 2.10 bits per heavy atom. The first-order valence-electron chi connectivity index (χ1n) is 6.80. The number of aromatic amines is 1. The van der Waals surface area contributed by atoms with Crippen molar-refractivity contribution >= 4 is 11.6 Å². The highest BCUT2D eigenvalue weighted by atomic mass is 19.1. The van der Waals surface area contributed by atoms with Crippen LogP contribution in [0, 0.1) is 5.82 Å². The van der Waals surface area contributed by atoms with E-state index in [1.165, 1.54) is 12.1 Å². The lowest BCUT2D eigenvalue weighted by Crippen LogP contribution is -2.27. The number of halogens is 1. The Morgan fingerprint density at radius 1 is 1.38 bits per heavy atom. The van der Waals surface area contributed by atoms with Gasteiger partial charge in [0, 0.05) is 0 Å². The van der Waals surface area contributed by atoms with Crippen molar-refractivity contribution in [1.82, 2.24) is 15.5 Å². The van der Waals surface area contributed by atoms with E-state index >= 15 is 0 Å². The van der Waals surface area contributed by atoms with Gasteiger partial charge in [-0.1, -0.05) is 26.0 Å². The topological polar surface area (TPSA) is 83.8 Å². The van der Waals surface area contributed by atoms with E-state index in [1.807, 2.05) is 13.8 Å². The molecule has 21 heavy (non-hydrogen) atoms. The van der Waals surface area contributed by atoms with Gasteiger partial charge >= 0.3 is 0 Å². The van der Waals surface area contributed by atoms with Crippen LogP contribution in [0.5, 0.6) is 0 Å². The van der Waals surface area contributed by atoms with Crippen molar-refractivity contribution in [2.24, 2.45) is 0 Å². The van der Waals surface area contributed by atoms with Gasteiger partial charge in [0.25, 0.3) is 5.91 Å². The Morgan fingerprint density at radius 3 is 2.67 bits per heavy atom. The molecule has 112 valence electrons. The van der Waals surface area contributed by atoms with Crippen LogP contribution < -0.4 is 11.1 Å². The average molecular weight is 290 g/mol. The fraction of sp³-hybridized carbons (Fsp3) is 0.333. The largest absolute Gasteiger partial charge is 0.395 e. The SMILES string of the molecule is CC(C)c1[nH]nc(C(=O)NC(C)c2cccc(F)c2)c1N. The summed E-state index contributed by atoms with van der Waals surface area (Å²) in [5.74, 6) is -0.568. The summed E-state index contributed by atoms with van der Waals surface area (Å²) in [6.07, 6.45) is 0. The van der Waals surface area contributed by atoms with Crippen molar-refractivity contribution in [3.8, 4) is 0 Å². The summed E-state index contributed by atoms with van der Waals surface area (Å²) in [4.78, 5) is 12.2. The van der Waals surface area contributed by atoms with E-state index in [0.717, 1.165) is 5.69 Å². The summed E-state index contributed by atoms with van der Waals surface area (Å²) in [6.45, 7) is 5.70. The number of hydrogen-bond donors (Lipinski definition) is 3. The van der Waals surface area contributed by atoms with Crippen LogP contribution in [0.4, 0.5) is 10.1 Å². The summed E-state index contributed by atoms with van der Waals surface area (Å²) in [7, 11) is 0. The highest BCUT2D eigenvalue weighted by molar-refractivity contribution is 5.97. The van der Waals surface area contributed by atoms with Gasteiger partial charge in [0.05, 0.1) is 17.4 Å². The second-order valence-electron chi connectivity index (χ2n) is 5.30. The van der Waals surface area contributed by atoms with Crippen LogP contribution in [-0.2, 0) is 0 Å². The quantitative estimate of drug-likeness (QED) is 0.809. The van der Waals surface area contributed by atoms with E-state index in [0.29, 0.717) is 11.3 Å². The summed E-state index contributed by atoms with van der Waals surface area (Å²) >= 11 is 0. The van der Waals surface area contributed by atoms with Gasteiger partial charge in [-0.25, -0.2) is 4.39 Å². The Hall–Kier alpha value is -2.37. The Kier molecular flexibility index (Phi) is 4.26. The van der Waals surface area contributed by atoms with Crippen LogP contribution in [-0.4, -0.2) is 16.1 Å². The van der Waals surface area contributed by atoms with Crippen molar-refractivity contribution in [2.75, 3.05) is 5.73 Å². The maximum absolute atomic E-state index is 13.2. The fourth-order valence-corrected chi connectivity index (χ4v) is 2.10.